The van der Waals surface area contributed by atoms with Gasteiger partial charge in [0.1, 0.15) is 0 Å². The Morgan fingerprint density at radius 3 is 1.38 bits per heavy atom. The van der Waals surface area contributed by atoms with Gasteiger partial charge in [0.15, 0.2) is 0 Å². The average molecular weight is 434 g/mol. The number of ketones is 2. The number of thioether (sulfide) groups is 2. The number of fused-ring (bicyclic) bond motifs is 2. The molecule has 0 fully saturated rings. The first-order valence-corrected chi connectivity index (χ1v) is 9.70. The summed E-state index contributed by atoms with van der Waals surface area (Å²) in [7, 11) is 0. The van der Waals surface area contributed by atoms with E-state index in [0.29, 0.717) is 50.8 Å². The van der Waals surface area contributed by atoms with Gasteiger partial charge in [0, 0.05) is 20.9 Å². The molecule has 4 rings (SSSR count). The minimum atomic E-state index is -0.237. The first-order chi connectivity index (χ1) is 11.4. The summed E-state index contributed by atoms with van der Waals surface area (Å²) in [5.74, 6) is -0.473. The number of carbonyl (C=O) groups is 2. The van der Waals surface area contributed by atoms with Crippen molar-refractivity contribution in [2.75, 3.05) is 0 Å². The first-order valence-electron chi connectivity index (χ1n) is 6.55. The highest BCUT2D eigenvalue weighted by molar-refractivity contribution is 8.08. The Balaban J connectivity index is 1.86. The lowest BCUT2D eigenvalue weighted by molar-refractivity contribution is 0.101. The molecule has 8 heteroatoms. The van der Waals surface area contributed by atoms with Gasteiger partial charge in [-0.3, -0.25) is 9.59 Å². The van der Waals surface area contributed by atoms with Gasteiger partial charge in [-0.25, -0.2) is 0 Å². The maximum absolute atomic E-state index is 12.7. The fraction of sp³-hybridized carbons (Fsp3) is 0. The minimum absolute atomic E-state index is 0.237. The zero-order chi connectivity index (χ0) is 17.2. The molecule has 0 atom stereocenters. The summed E-state index contributed by atoms with van der Waals surface area (Å²) in [5, 5.41) is 1.37. The Morgan fingerprint density at radius 1 is 0.625 bits per heavy atom. The summed E-state index contributed by atoms with van der Waals surface area (Å²) in [6.45, 7) is 0. The minimum Gasteiger partial charge on any atom is -0.288 e. The van der Waals surface area contributed by atoms with Crippen molar-refractivity contribution in [1.29, 1.82) is 0 Å². The van der Waals surface area contributed by atoms with E-state index in [1.807, 2.05) is 0 Å². The topological polar surface area (TPSA) is 34.1 Å². The molecule has 0 N–H and O–H groups in total. The van der Waals surface area contributed by atoms with E-state index in [1.54, 1.807) is 24.3 Å². The molecule has 2 aromatic carbocycles. The molecule has 0 bridgehead atoms. The van der Waals surface area contributed by atoms with E-state index >= 15 is 0 Å². The lowest BCUT2D eigenvalue weighted by Crippen LogP contribution is -2.01. The zero-order valence-corrected chi connectivity index (χ0v) is 16.1. The monoisotopic (exact) mass is 432 g/mol. The predicted molar refractivity (Wildman–Crippen MR) is 100 cm³/mol. The van der Waals surface area contributed by atoms with Gasteiger partial charge in [-0.15, -0.1) is 0 Å². The summed E-state index contributed by atoms with van der Waals surface area (Å²) in [5.41, 5.74) is 0.899. The molecule has 0 unspecified atom stereocenters. The summed E-state index contributed by atoms with van der Waals surface area (Å²) in [6.07, 6.45) is 0. The first kappa shape index (κ1) is 16.8. The molecule has 0 radical (unpaired) electrons. The van der Waals surface area contributed by atoms with Crippen molar-refractivity contribution in [2.24, 2.45) is 0 Å². The number of allylic oxidation sites excluding steroid dienone is 2. The van der Waals surface area contributed by atoms with E-state index in [0.717, 1.165) is 23.5 Å². The SMILES string of the molecule is O=C1/C(=C2/Sc3c(ccc(Cl)c3Cl)C2=O)Sc2c1ccc(Cl)c2Cl. The van der Waals surface area contributed by atoms with Crippen molar-refractivity contribution in [1.82, 2.24) is 0 Å². The molecule has 2 aliphatic rings. The molecule has 120 valence electrons. The second-order valence-corrected chi connectivity index (χ2v) is 8.61. The van der Waals surface area contributed by atoms with E-state index in [4.69, 9.17) is 46.4 Å². The van der Waals surface area contributed by atoms with Gasteiger partial charge in [-0.2, -0.15) is 0 Å². The van der Waals surface area contributed by atoms with Crippen LogP contribution in [0.4, 0.5) is 0 Å². The third kappa shape index (κ3) is 2.36. The molecule has 0 aromatic heterocycles. The molecular formula is C16H4Cl4O2S2. The zero-order valence-electron chi connectivity index (χ0n) is 11.5. The van der Waals surface area contributed by atoms with Crippen LogP contribution in [-0.2, 0) is 0 Å². The molecule has 2 heterocycles. The van der Waals surface area contributed by atoms with Crippen molar-refractivity contribution in [3.8, 4) is 0 Å². The van der Waals surface area contributed by atoms with E-state index in [-0.39, 0.29) is 11.6 Å². The number of carbonyl (C=O) groups excluding carboxylic acids is 2. The Morgan fingerprint density at radius 2 is 1.00 bits per heavy atom. The van der Waals surface area contributed by atoms with Gasteiger partial charge < -0.3 is 0 Å². The summed E-state index contributed by atoms with van der Waals surface area (Å²) in [6, 6.07) is 6.38. The Kier molecular flexibility index (Phi) is 4.19. The fourth-order valence-corrected chi connectivity index (χ4v) is 5.82. The van der Waals surface area contributed by atoms with Crippen molar-refractivity contribution >= 4 is 81.5 Å². The molecule has 2 aromatic rings. The van der Waals surface area contributed by atoms with E-state index in [1.165, 1.54) is 0 Å². The third-order valence-electron chi connectivity index (χ3n) is 3.62. The standard InChI is InChI=1S/C16H4Cl4O2S2/c17-7-3-1-5-11(21)15(23-13(5)9(7)19)16-12(22)6-2-4-8(18)10(20)14(6)24-16/h1-4H/b16-15-. The second-order valence-electron chi connectivity index (χ2n) is 5.00. The van der Waals surface area contributed by atoms with Crippen LogP contribution in [0, 0.1) is 0 Å². The molecule has 0 saturated heterocycles. The van der Waals surface area contributed by atoms with Crippen molar-refractivity contribution < 1.29 is 9.59 Å². The smallest absolute Gasteiger partial charge is 0.202 e. The largest absolute Gasteiger partial charge is 0.288 e. The van der Waals surface area contributed by atoms with Crippen LogP contribution >= 0.6 is 69.9 Å². The van der Waals surface area contributed by atoms with E-state index < -0.39 is 0 Å². The molecule has 2 aliphatic heterocycles. The van der Waals surface area contributed by atoms with Crippen molar-refractivity contribution in [3.05, 3.63) is 65.3 Å². The Bertz CT molecular complexity index is 919. The van der Waals surface area contributed by atoms with E-state index in [9.17, 15) is 9.59 Å². The van der Waals surface area contributed by atoms with Gasteiger partial charge in [-0.1, -0.05) is 69.9 Å². The van der Waals surface area contributed by atoms with E-state index in [2.05, 4.69) is 0 Å². The Labute approximate surface area is 165 Å². The molecule has 0 amide bonds. The van der Waals surface area contributed by atoms with Crippen molar-refractivity contribution in [3.63, 3.8) is 0 Å². The van der Waals surface area contributed by atoms with Gasteiger partial charge in [0.25, 0.3) is 0 Å². The van der Waals surface area contributed by atoms with Crippen LogP contribution in [0.2, 0.25) is 20.1 Å². The second kappa shape index (κ2) is 5.97. The number of hydrogen-bond acceptors (Lipinski definition) is 4. The number of benzene rings is 2. The highest BCUT2D eigenvalue weighted by Crippen LogP contribution is 2.54. The third-order valence-corrected chi connectivity index (χ3v) is 8.02. The van der Waals surface area contributed by atoms with Crippen LogP contribution in [0.5, 0.6) is 0 Å². The van der Waals surface area contributed by atoms with Gasteiger partial charge in [-0.05, 0) is 24.3 Å². The highest BCUT2D eigenvalue weighted by Gasteiger charge is 2.38. The fourth-order valence-electron chi connectivity index (χ4n) is 2.46. The normalized spacial score (nSPS) is 19.0. The molecule has 0 saturated carbocycles. The number of Topliss-reactive ketones (excluding diaryl/α,β-unsaturated/α-hetero) is 2. The molecule has 24 heavy (non-hydrogen) atoms. The number of halogens is 4. The summed E-state index contributed by atoms with van der Waals surface area (Å²) >= 11 is 26.7. The molecular weight excluding hydrogens is 430 g/mol. The molecule has 2 nitrogen and oxygen atoms in total. The Hall–Kier alpha value is -0.620. The lowest BCUT2D eigenvalue weighted by atomic mass is 10.1. The number of hydrogen-bond donors (Lipinski definition) is 0. The maximum Gasteiger partial charge on any atom is 0.202 e. The highest BCUT2D eigenvalue weighted by atomic mass is 35.5. The van der Waals surface area contributed by atoms with Gasteiger partial charge in [0.05, 0.1) is 29.9 Å². The quantitative estimate of drug-likeness (QED) is 0.428. The average Bonchev–Trinajstić information content (AvgIpc) is 3.06. The lowest BCUT2D eigenvalue weighted by Gasteiger charge is -2.01. The molecule has 0 aliphatic carbocycles. The van der Waals surface area contributed by atoms with Crippen molar-refractivity contribution in [2.45, 2.75) is 9.79 Å². The van der Waals surface area contributed by atoms with Gasteiger partial charge >= 0.3 is 0 Å². The van der Waals surface area contributed by atoms with Crippen LogP contribution in [0.25, 0.3) is 0 Å². The summed E-state index contributed by atoms with van der Waals surface area (Å²) in [4.78, 5) is 27.2. The summed E-state index contributed by atoms with van der Waals surface area (Å²) < 4.78 is 0. The van der Waals surface area contributed by atoms with Crippen LogP contribution in [-0.4, -0.2) is 11.6 Å². The number of rotatable bonds is 0. The van der Waals surface area contributed by atoms with Crippen LogP contribution < -0.4 is 0 Å². The van der Waals surface area contributed by atoms with Crippen LogP contribution in [0.3, 0.4) is 0 Å². The van der Waals surface area contributed by atoms with Crippen LogP contribution in [0.15, 0.2) is 43.9 Å². The van der Waals surface area contributed by atoms with Gasteiger partial charge in [0.2, 0.25) is 11.6 Å². The maximum atomic E-state index is 12.7. The molecule has 0 spiro atoms. The predicted octanol–water partition coefficient (Wildman–Crippen LogP) is 6.79. The van der Waals surface area contributed by atoms with Crippen LogP contribution in [0.1, 0.15) is 20.7 Å².